The average Bonchev–Trinajstić information content (AvgIpc) is 2.57. The Balaban J connectivity index is 1.53. The highest BCUT2D eigenvalue weighted by Crippen LogP contribution is 2.21. The third-order valence-electron chi connectivity index (χ3n) is 4.21. The Morgan fingerprint density at radius 3 is 3.00 bits per heavy atom. The maximum absolute atomic E-state index is 13.1. The molecule has 0 bridgehead atoms. The van der Waals surface area contributed by atoms with E-state index in [2.05, 4.69) is 15.2 Å². The van der Waals surface area contributed by atoms with Crippen LogP contribution in [0.4, 0.5) is 4.39 Å². The summed E-state index contributed by atoms with van der Waals surface area (Å²) < 4.78 is 13.1. The number of pyridine rings is 1. The summed E-state index contributed by atoms with van der Waals surface area (Å²) in [6, 6.07) is 11.1. The van der Waals surface area contributed by atoms with Crippen LogP contribution in [0.3, 0.4) is 0 Å². The van der Waals surface area contributed by atoms with Gasteiger partial charge in [-0.05, 0) is 49.2 Å². The highest BCUT2D eigenvalue weighted by atomic mass is 35.5. The lowest BCUT2D eigenvalue weighted by atomic mass is 10.0. The van der Waals surface area contributed by atoms with Crippen LogP contribution in [0.15, 0.2) is 42.6 Å². The monoisotopic (exact) mass is 333 g/mol. The maximum atomic E-state index is 13.1. The summed E-state index contributed by atoms with van der Waals surface area (Å²) in [6.07, 6.45) is 4.14. The van der Waals surface area contributed by atoms with Gasteiger partial charge in [-0.15, -0.1) is 0 Å². The Hall–Kier alpha value is -1.49. The quantitative estimate of drug-likeness (QED) is 0.905. The van der Waals surface area contributed by atoms with Crippen molar-refractivity contribution >= 4 is 11.6 Å². The normalized spacial score (nSPS) is 19.0. The minimum Gasteiger partial charge on any atom is -0.307 e. The number of rotatable bonds is 5. The second-order valence-corrected chi connectivity index (χ2v) is 6.42. The Morgan fingerprint density at radius 2 is 2.22 bits per heavy atom. The molecule has 1 N–H and O–H groups in total. The van der Waals surface area contributed by atoms with Gasteiger partial charge in [-0.2, -0.15) is 0 Å². The molecule has 1 fully saturated rings. The topological polar surface area (TPSA) is 28.2 Å². The van der Waals surface area contributed by atoms with E-state index < -0.39 is 0 Å². The number of hydrogen-bond acceptors (Lipinski definition) is 3. The van der Waals surface area contributed by atoms with Gasteiger partial charge in [0, 0.05) is 36.9 Å². The first-order chi connectivity index (χ1) is 11.2. The van der Waals surface area contributed by atoms with Crippen LogP contribution < -0.4 is 5.32 Å². The molecule has 5 heteroatoms. The average molecular weight is 334 g/mol. The van der Waals surface area contributed by atoms with Crippen molar-refractivity contribution in [2.24, 2.45) is 0 Å². The Labute approximate surface area is 141 Å². The molecule has 0 amide bonds. The molecule has 1 aliphatic rings. The zero-order valence-corrected chi connectivity index (χ0v) is 13.8. The number of piperidine rings is 1. The van der Waals surface area contributed by atoms with E-state index >= 15 is 0 Å². The van der Waals surface area contributed by atoms with Gasteiger partial charge in [-0.25, -0.2) is 4.39 Å². The van der Waals surface area contributed by atoms with E-state index in [0.29, 0.717) is 11.1 Å². The number of nitrogens with zero attached hydrogens (tertiary/aromatic N) is 2. The van der Waals surface area contributed by atoms with Gasteiger partial charge in [0.15, 0.2) is 0 Å². The molecule has 23 heavy (non-hydrogen) atoms. The zero-order valence-electron chi connectivity index (χ0n) is 13.0. The third kappa shape index (κ3) is 4.74. The number of hydrogen-bond donors (Lipinski definition) is 1. The first kappa shape index (κ1) is 16.4. The van der Waals surface area contributed by atoms with E-state index in [4.69, 9.17) is 11.6 Å². The highest BCUT2D eigenvalue weighted by Gasteiger charge is 2.20. The second kappa shape index (κ2) is 7.86. The number of halogens is 2. The Kier molecular flexibility index (Phi) is 5.60. The Morgan fingerprint density at radius 1 is 1.30 bits per heavy atom. The molecular weight excluding hydrogens is 313 g/mol. The van der Waals surface area contributed by atoms with Crippen LogP contribution in [-0.4, -0.2) is 29.0 Å². The molecule has 2 heterocycles. The van der Waals surface area contributed by atoms with Gasteiger partial charge in [-0.3, -0.25) is 9.88 Å². The molecule has 0 saturated carbocycles. The predicted molar refractivity (Wildman–Crippen MR) is 90.8 cm³/mol. The molecule has 1 aliphatic heterocycles. The summed E-state index contributed by atoms with van der Waals surface area (Å²) in [5.74, 6) is -0.285. The van der Waals surface area contributed by atoms with Gasteiger partial charge in [-0.1, -0.05) is 23.7 Å². The fourth-order valence-electron chi connectivity index (χ4n) is 3.01. The van der Waals surface area contributed by atoms with Crippen LogP contribution in [0.2, 0.25) is 5.02 Å². The summed E-state index contributed by atoms with van der Waals surface area (Å²) in [5, 5.41) is 4.09. The van der Waals surface area contributed by atoms with Crippen molar-refractivity contribution in [2.75, 3.05) is 13.1 Å². The number of aromatic nitrogens is 1. The molecular formula is C18H21ClFN3. The van der Waals surface area contributed by atoms with Gasteiger partial charge in [0.1, 0.15) is 5.82 Å². The van der Waals surface area contributed by atoms with Crippen molar-refractivity contribution in [1.82, 2.24) is 15.2 Å². The van der Waals surface area contributed by atoms with Crippen LogP contribution >= 0.6 is 11.6 Å². The molecule has 1 aromatic carbocycles. The number of likely N-dealkylation sites (tertiary alicyclic amines) is 1. The SMILES string of the molecule is Fc1ccc(CN2CCCC(NCc3ccccn3)C2)c(Cl)c1. The first-order valence-corrected chi connectivity index (χ1v) is 8.38. The number of nitrogens with one attached hydrogen (secondary N) is 1. The van der Waals surface area contributed by atoms with Crippen LogP contribution in [0.1, 0.15) is 24.1 Å². The Bertz CT molecular complexity index is 635. The third-order valence-corrected chi connectivity index (χ3v) is 4.56. The lowest BCUT2D eigenvalue weighted by Crippen LogP contribution is -2.45. The van der Waals surface area contributed by atoms with Gasteiger partial charge in [0.25, 0.3) is 0 Å². The molecule has 1 saturated heterocycles. The van der Waals surface area contributed by atoms with E-state index in [1.54, 1.807) is 6.07 Å². The fraction of sp³-hybridized carbons (Fsp3) is 0.389. The molecule has 0 radical (unpaired) electrons. The van der Waals surface area contributed by atoms with Gasteiger partial charge in [0.2, 0.25) is 0 Å². The number of benzene rings is 1. The van der Waals surface area contributed by atoms with Crippen molar-refractivity contribution in [1.29, 1.82) is 0 Å². The van der Waals surface area contributed by atoms with Gasteiger partial charge in [0.05, 0.1) is 5.69 Å². The molecule has 1 unspecified atom stereocenters. The van der Waals surface area contributed by atoms with Crippen LogP contribution in [-0.2, 0) is 13.1 Å². The zero-order chi connectivity index (χ0) is 16.1. The van der Waals surface area contributed by atoms with E-state index in [0.717, 1.165) is 43.9 Å². The smallest absolute Gasteiger partial charge is 0.124 e. The molecule has 3 nitrogen and oxygen atoms in total. The van der Waals surface area contributed by atoms with Crippen LogP contribution in [0.5, 0.6) is 0 Å². The summed E-state index contributed by atoms with van der Waals surface area (Å²) in [4.78, 5) is 6.71. The minimum atomic E-state index is -0.285. The molecule has 1 atom stereocenters. The van der Waals surface area contributed by atoms with Crippen molar-refractivity contribution in [3.63, 3.8) is 0 Å². The largest absolute Gasteiger partial charge is 0.307 e. The fourth-order valence-corrected chi connectivity index (χ4v) is 3.24. The van der Waals surface area contributed by atoms with Crippen molar-refractivity contribution in [2.45, 2.75) is 32.0 Å². The lowest BCUT2D eigenvalue weighted by Gasteiger charge is -2.33. The molecule has 1 aromatic heterocycles. The summed E-state index contributed by atoms with van der Waals surface area (Å²) in [5.41, 5.74) is 2.05. The molecule has 0 spiro atoms. The van der Waals surface area contributed by atoms with Crippen LogP contribution in [0, 0.1) is 5.82 Å². The van der Waals surface area contributed by atoms with Gasteiger partial charge >= 0.3 is 0 Å². The highest BCUT2D eigenvalue weighted by molar-refractivity contribution is 6.31. The maximum Gasteiger partial charge on any atom is 0.124 e. The minimum absolute atomic E-state index is 0.285. The van der Waals surface area contributed by atoms with E-state index in [1.165, 1.54) is 18.6 Å². The summed E-state index contributed by atoms with van der Waals surface area (Å²) >= 11 is 6.14. The lowest BCUT2D eigenvalue weighted by molar-refractivity contribution is 0.182. The predicted octanol–water partition coefficient (Wildman–Crippen LogP) is 3.63. The van der Waals surface area contributed by atoms with Gasteiger partial charge < -0.3 is 5.32 Å². The van der Waals surface area contributed by atoms with Crippen molar-refractivity contribution in [3.05, 3.63) is 64.7 Å². The van der Waals surface area contributed by atoms with Crippen LogP contribution in [0.25, 0.3) is 0 Å². The standard InChI is InChI=1S/C18H21ClFN3/c19-18-10-15(20)7-6-14(18)12-23-9-3-5-17(13-23)22-11-16-4-1-2-8-21-16/h1-2,4,6-8,10,17,22H,3,5,9,11-13H2. The van der Waals surface area contributed by atoms with Crippen molar-refractivity contribution in [3.8, 4) is 0 Å². The second-order valence-electron chi connectivity index (χ2n) is 6.01. The summed E-state index contributed by atoms with van der Waals surface area (Å²) in [7, 11) is 0. The summed E-state index contributed by atoms with van der Waals surface area (Å²) in [6.45, 7) is 3.58. The first-order valence-electron chi connectivity index (χ1n) is 8.00. The molecule has 2 aromatic rings. The van der Waals surface area contributed by atoms with Crippen molar-refractivity contribution < 1.29 is 4.39 Å². The molecule has 122 valence electrons. The molecule has 3 rings (SSSR count). The molecule has 0 aliphatic carbocycles. The van der Waals surface area contributed by atoms with E-state index in [-0.39, 0.29) is 5.82 Å². The van der Waals surface area contributed by atoms with E-state index in [1.807, 2.05) is 24.4 Å². The van der Waals surface area contributed by atoms with E-state index in [9.17, 15) is 4.39 Å².